The lowest BCUT2D eigenvalue weighted by atomic mass is 9.39. The van der Waals surface area contributed by atoms with Crippen molar-refractivity contribution in [3.63, 3.8) is 0 Å². The maximum atomic E-state index is 13.8. The van der Waals surface area contributed by atoms with Crippen LogP contribution in [0, 0.1) is 39.9 Å². The van der Waals surface area contributed by atoms with Crippen molar-refractivity contribution in [3.05, 3.63) is 35.8 Å². The maximum absolute atomic E-state index is 13.8. The van der Waals surface area contributed by atoms with Crippen molar-refractivity contribution in [2.75, 3.05) is 6.61 Å². The summed E-state index contributed by atoms with van der Waals surface area (Å²) in [5.74, 6) is -5.93. The molecule has 13 heteroatoms. The number of rotatable bonds is 11. The number of furan rings is 1. The Balaban J connectivity index is 1.73. The Labute approximate surface area is 317 Å². The van der Waals surface area contributed by atoms with Crippen molar-refractivity contribution in [3.8, 4) is 0 Å². The largest absolute Gasteiger partial charge is 0.472 e. The summed E-state index contributed by atoms with van der Waals surface area (Å²) in [6, 6.07) is 1.89. The minimum absolute atomic E-state index is 0.0507. The molecule has 1 saturated heterocycles. The molecule has 1 aliphatic heterocycles. The first-order chi connectivity index (χ1) is 25.2. The molecule has 54 heavy (non-hydrogen) atoms. The van der Waals surface area contributed by atoms with E-state index in [2.05, 4.69) is 6.08 Å². The van der Waals surface area contributed by atoms with Gasteiger partial charge in [-0.3, -0.25) is 14.4 Å². The summed E-state index contributed by atoms with van der Waals surface area (Å²) in [5.41, 5.74) is -2.79. The predicted octanol–water partition coefficient (Wildman–Crippen LogP) is 5.20. The summed E-state index contributed by atoms with van der Waals surface area (Å²) in [5, 5.41) is 21.6. The number of carbonyl (C=O) groups excluding carboxylic acids is 5. The molecule has 3 fully saturated rings. The predicted molar refractivity (Wildman–Crippen MR) is 192 cm³/mol. The van der Waals surface area contributed by atoms with E-state index in [0.717, 1.165) is 11.1 Å². The SMILES string of the molecule is CCC(C)C(O)C(=O)OC[C@@]1(C)OC(=O)C[C@H](OC(C)=O)[C@@]2(C)[C@H]1C[C@@H](OC(=O)C(O)C(C)C)[C@@]1(C)C3=CC[C@@H](c4ccoc4)[C@]3(C)[C@@H](OC(C)=O)C[C@@H]12. The molecular weight excluding hydrogens is 700 g/mol. The minimum atomic E-state index is -1.57. The molecule has 13 atom stereocenters. The molecule has 2 N–H and O–H groups in total. The lowest BCUT2D eigenvalue weighted by molar-refractivity contribution is -0.247. The first kappa shape index (κ1) is 41.5. The standard InChI is InChI=1S/C41H58O13/c1-11-22(4)35(46)36(47)50-20-38(7)28-16-31(53-37(48)34(45)21(2)3)40(9)27-13-12-26(25-14-15-49-19-25)39(27,8)30(51-23(5)42)17-29(40)41(28,10)32(52-24(6)43)18-33(44)54-38/h13-15,19,21-22,26,28-32,34-35,45-46H,11-12,16-18,20H2,1-10H3/t22?,26-,28-,29-,30-,31+,32-,34?,35?,38+,39-,40-,41-/m0/s1. The van der Waals surface area contributed by atoms with Gasteiger partial charge in [-0.15, -0.1) is 0 Å². The average Bonchev–Trinajstić information content (AvgIpc) is 3.74. The van der Waals surface area contributed by atoms with Crippen LogP contribution in [0.4, 0.5) is 0 Å². The van der Waals surface area contributed by atoms with Gasteiger partial charge in [0.1, 0.15) is 30.5 Å². The van der Waals surface area contributed by atoms with E-state index in [0.29, 0.717) is 12.8 Å². The summed E-state index contributed by atoms with van der Waals surface area (Å²) in [7, 11) is 0. The summed E-state index contributed by atoms with van der Waals surface area (Å²) < 4.78 is 36.1. The Morgan fingerprint density at radius 3 is 2.06 bits per heavy atom. The van der Waals surface area contributed by atoms with Gasteiger partial charge in [0.25, 0.3) is 0 Å². The number of fused-ring (bicyclic) bond motifs is 5. The van der Waals surface area contributed by atoms with Crippen molar-refractivity contribution >= 4 is 29.8 Å². The van der Waals surface area contributed by atoms with Crippen LogP contribution >= 0.6 is 0 Å². The van der Waals surface area contributed by atoms with Gasteiger partial charge in [0, 0.05) is 41.9 Å². The normalized spacial score (nSPS) is 37.6. The van der Waals surface area contributed by atoms with Crippen molar-refractivity contribution in [2.45, 2.75) is 143 Å². The molecule has 4 aliphatic rings. The van der Waals surface area contributed by atoms with Gasteiger partial charge in [0.05, 0.1) is 18.9 Å². The van der Waals surface area contributed by atoms with Crippen LogP contribution in [0.1, 0.15) is 113 Å². The van der Waals surface area contributed by atoms with Gasteiger partial charge >= 0.3 is 29.8 Å². The molecule has 1 aromatic rings. The van der Waals surface area contributed by atoms with Gasteiger partial charge in [0.15, 0.2) is 12.2 Å². The summed E-state index contributed by atoms with van der Waals surface area (Å²) in [6.07, 6.45) is 0.836. The molecule has 2 heterocycles. The second kappa shape index (κ2) is 15.1. The van der Waals surface area contributed by atoms with E-state index in [9.17, 15) is 34.2 Å². The van der Waals surface area contributed by atoms with Crippen molar-refractivity contribution in [1.29, 1.82) is 0 Å². The van der Waals surface area contributed by atoms with E-state index in [1.807, 2.05) is 33.8 Å². The van der Waals surface area contributed by atoms with Crippen LogP contribution in [-0.4, -0.2) is 82.8 Å². The molecule has 0 spiro atoms. The third-order valence-corrected chi connectivity index (χ3v) is 13.7. The second-order valence-corrected chi connectivity index (χ2v) is 17.2. The Bertz CT molecular complexity index is 1630. The van der Waals surface area contributed by atoms with Crippen LogP contribution in [0.5, 0.6) is 0 Å². The molecule has 0 radical (unpaired) electrons. The van der Waals surface area contributed by atoms with Crippen LogP contribution in [0.3, 0.4) is 0 Å². The highest BCUT2D eigenvalue weighted by Gasteiger charge is 2.74. The van der Waals surface area contributed by atoms with E-state index in [4.69, 9.17) is 28.1 Å². The van der Waals surface area contributed by atoms with E-state index >= 15 is 0 Å². The molecule has 0 bridgehead atoms. The smallest absolute Gasteiger partial charge is 0.335 e. The van der Waals surface area contributed by atoms with Gasteiger partial charge in [-0.1, -0.05) is 66.5 Å². The molecule has 0 aromatic carbocycles. The molecule has 5 rings (SSSR count). The highest BCUT2D eigenvalue weighted by atomic mass is 16.6. The van der Waals surface area contributed by atoms with Gasteiger partial charge in [-0.25, -0.2) is 9.59 Å². The van der Waals surface area contributed by atoms with Gasteiger partial charge < -0.3 is 38.3 Å². The number of esters is 5. The summed E-state index contributed by atoms with van der Waals surface area (Å²) in [6.45, 7) is 16.7. The number of ether oxygens (including phenoxy) is 5. The highest BCUT2D eigenvalue weighted by Crippen LogP contribution is 2.73. The minimum Gasteiger partial charge on any atom is -0.472 e. The Morgan fingerprint density at radius 1 is 0.870 bits per heavy atom. The number of hydrogen-bond donors (Lipinski definition) is 2. The maximum Gasteiger partial charge on any atom is 0.335 e. The van der Waals surface area contributed by atoms with Gasteiger partial charge in [-0.2, -0.15) is 0 Å². The van der Waals surface area contributed by atoms with E-state index < -0.39 is 112 Å². The van der Waals surface area contributed by atoms with E-state index in [1.165, 1.54) is 13.8 Å². The fourth-order valence-electron chi connectivity index (χ4n) is 10.6. The lowest BCUT2D eigenvalue weighted by Crippen LogP contribution is -2.70. The Kier molecular flexibility index (Phi) is 11.6. The third kappa shape index (κ3) is 6.88. The number of hydrogen-bond acceptors (Lipinski definition) is 13. The molecular formula is C41H58O13. The molecule has 3 aliphatic carbocycles. The van der Waals surface area contributed by atoms with Crippen LogP contribution in [0.2, 0.25) is 0 Å². The molecule has 13 nitrogen and oxygen atoms in total. The number of cyclic esters (lactones) is 1. The zero-order valence-corrected chi connectivity index (χ0v) is 33.2. The second-order valence-electron chi connectivity index (χ2n) is 17.2. The number of allylic oxidation sites excluding steroid dienone is 1. The summed E-state index contributed by atoms with van der Waals surface area (Å²) >= 11 is 0. The number of carbonyl (C=O) groups is 5. The molecule has 1 aromatic heterocycles. The Morgan fingerprint density at radius 2 is 1.48 bits per heavy atom. The average molecular weight is 759 g/mol. The fourth-order valence-corrected chi connectivity index (χ4v) is 10.6. The topological polar surface area (TPSA) is 185 Å². The zero-order chi connectivity index (χ0) is 40.1. The van der Waals surface area contributed by atoms with Gasteiger partial charge in [-0.05, 0) is 55.6 Å². The lowest BCUT2D eigenvalue weighted by Gasteiger charge is -2.67. The molecule has 300 valence electrons. The van der Waals surface area contributed by atoms with Crippen LogP contribution < -0.4 is 0 Å². The van der Waals surface area contributed by atoms with Gasteiger partial charge in [0.2, 0.25) is 0 Å². The first-order valence-electron chi connectivity index (χ1n) is 19.2. The van der Waals surface area contributed by atoms with Crippen LogP contribution in [-0.2, 0) is 47.7 Å². The zero-order valence-electron chi connectivity index (χ0n) is 33.2. The monoisotopic (exact) mass is 758 g/mol. The quantitative estimate of drug-likeness (QED) is 0.171. The summed E-state index contributed by atoms with van der Waals surface area (Å²) in [4.78, 5) is 66.5. The highest BCUT2D eigenvalue weighted by molar-refractivity contribution is 5.76. The molecule has 0 amide bonds. The first-order valence-corrected chi connectivity index (χ1v) is 19.2. The molecule has 3 unspecified atom stereocenters. The van der Waals surface area contributed by atoms with Crippen LogP contribution in [0.15, 0.2) is 34.7 Å². The number of aliphatic hydroxyl groups excluding tert-OH is 2. The third-order valence-electron chi connectivity index (χ3n) is 13.7. The number of aliphatic hydroxyl groups is 2. The Hall–Kier alpha value is -3.71. The fraction of sp³-hybridized carbons (Fsp3) is 0.732. The van der Waals surface area contributed by atoms with E-state index in [1.54, 1.807) is 40.2 Å². The van der Waals surface area contributed by atoms with Crippen molar-refractivity contribution in [2.24, 2.45) is 39.9 Å². The van der Waals surface area contributed by atoms with Crippen molar-refractivity contribution < 1.29 is 62.3 Å². The molecule has 2 saturated carbocycles. The van der Waals surface area contributed by atoms with Crippen LogP contribution in [0.25, 0.3) is 0 Å². The van der Waals surface area contributed by atoms with Crippen molar-refractivity contribution in [1.82, 2.24) is 0 Å². The van der Waals surface area contributed by atoms with E-state index in [-0.39, 0.29) is 25.2 Å².